The van der Waals surface area contributed by atoms with Crippen LogP contribution >= 0.6 is 0 Å². The number of esters is 1. The number of rotatable bonds is 2. The molecule has 5 nitrogen and oxygen atoms in total. The van der Waals surface area contributed by atoms with Gasteiger partial charge in [-0.1, -0.05) is 0 Å². The van der Waals surface area contributed by atoms with E-state index < -0.39 is 0 Å². The molecule has 0 spiro atoms. The van der Waals surface area contributed by atoms with Crippen LogP contribution < -0.4 is 0 Å². The van der Waals surface area contributed by atoms with E-state index in [1.807, 2.05) is 0 Å². The smallest absolute Gasteiger partial charge is 0.302 e. The average molecular weight is 182 g/mol. The van der Waals surface area contributed by atoms with Crippen molar-refractivity contribution in [3.05, 3.63) is 18.0 Å². The van der Waals surface area contributed by atoms with Crippen molar-refractivity contribution in [1.29, 1.82) is 0 Å². The first-order valence-electron chi connectivity index (χ1n) is 3.77. The largest absolute Gasteiger partial charge is 0.461 e. The topological polar surface area (TPSA) is 61.2 Å². The lowest BCUT2D eigenvalue weighted by Gasteiger charge is -1.96. The summed E-state index contributed by atoms with van der Waals surface area (Å²) in [6.07, 6.45) is 3.02. The van der Waals surface area contributed by atoms with E-state index in [4.69, 9.17) is 4.74 Å². The standard InChI is InChI=1S/C8H10N2O3/c1-6(11)10-4-8(3-9-10)5-13-7(2)12/h3-4H,5H2,1-2H3. The molecule has 1 aromatic rings. The van der Waals surface area contributed by atoms with Gasteiger partial charge in [0.25, 0.3) is 0 Å². The number of hydrogen-bond donors (Lipinski definition) is 0. The zero-order valence-corrected chi connectivity index (χ0v) is 7.48. The summed E-state index contributed by atoms with van der Waals surface area (Å²) in [6, 6.07) is 0. The molecular formula is C8H10N2O3. The van der Waals surface area contributed by atoms with Gasteiger partial charge < -0.3 is 4.74 Å². The van der Waals surface area contributed by atoms with E-state index in [1.165, 1.54) is 30.9 Å². The molecule has 0 aliphatic rings. The molecule has 0 N–H and O–H groups in total. The highest BCUT2D eigenvalue weighted by atomic mass is 16.5. The highest BCUT2D eigenvalue weighted by Gasteiger charge is 2.02. The van der Waals surface area contributed by atoms with Gasteiger partial charge in [0.05, 0.1) is 6.20 Å². The molecule has 1 aromatic heterocycles. The summed E-state index contributed by atoms with van der Waals surface area (Å²) in [5, 5.41) is 3.77. The highest BCUT2D eigenvalue weighted by molar-refractivity contribution is 5.75. The van der Waals surface area contributed by atoms with Crippen molar-refractivity contribution < 1.29 is 14.3 Å². The third kappa shape index (κ3) is 2.70. The van der Waals surface area contributed by atoms with Gasteiger partial charge >= 0.3 is 5.97 Å². The molecule has 5 heteroatoms. The fraction of sp³-hybridized carbons (Fsp3) is 0.375. The van der Waals surface area contributed by atoms with Gasteiger partial charge in [0.15, 0.2) is 0 Å². The number of aromatic nitrogens is 2. The van der Waals surface area contributed by atoms with E-state index in [0.29, 0.717) is 5.56 Å². The molecule has 70 valence electrons. The molecule has 0 saturated heterocycles. The van der Waals surface area contributed by atoms with E-state index >= 15 is 0 Å². The fourth-order valence-corrected chi connectivity index (χ4v) is 0.792. The molecule has 0 fully saturated rings. The predicted molar refractivity (Wildman–Crippen MR) is 44.0 cm³/mol. The van der Waals surface area contributed by atoms with Gasteiger partial charge in [0.1, 0.15) is 6.61 Å². The molecule has 0 aliphatic heterocycles. The Labute approximate surface area is 75.3 Å². The van der Waals surface area contributed by atoms with Crippen LogP contribution in [-0.2, 0) is 16.1 Å². The van der Waals surface area contributed by atoms with Gasteiger partial charge in [-0.2, -0.15) is 5.10 Å². The first kappa shape index (κ1) is 9.44. The average Bonchev–Trinajstić information content (AvgIpc) is 2.48. The van der Waals surface area contributed by atoms with Crippen molar-refractivity contribution in [2.24, 2.45) is 0 Å². The van der Waals surface area contributed by atoms with Crippen molar-refractivity contribution in [3.63, 3.8) is 0 Å². The van der Waals surface area contributed by atoms with Crippen molar-refractivity contribution in [2.75, 3.05) is 0 Å². The van der Waals surface area contributed by atoms with E-state index in [0.717, 1.165) is 0 Å². The zero-order valence-electron chi connectivity index (χ0n) is 7.48. The molecule has 0 radical (unpaired) electrons. The van der Waals surface area contributed by atoms with Gasteiger partial charge in [-0.3, -0.25) is 9.59 Å². The molecule has 0 aliphatic carbocycles. The quantitative estimate of drug-likeness (QED) is 0.628. The summed E-state index contributed by atoms with van der Waals surface area (Å²) >= 11 is 0. The van der Waals surface area contributed by atoms with Crippen LogP contribution in [0.5, 0.6) is 0 Å². The molecule has 13 heavy (non-hydrogen) atoms. The third-order valence-electron chi connectivity index (χ3n) is 1.40. The molecule has 1 heterocycles. The maximum absolute atomic E-state index is 10.8. The Morgan fingerprint density at radius 2 is 2.23 bits per heavy atom. The number of hydrogen-bond acceptors (Lipinski definition) is 4. The second-order valence-electron chi connectivity index (χ2n) is 2.59. The first-order valence-corrected chi connectivity index (χ1v) is 3.77. The minimum absolute atomic E-state index is 0.155. The second-order valence-corrected chi connectivity index (χ2v) is 2.59. The Kier molecular flexibility index (Phi) is 2.79. The van der Waals surface area contributed by atoms with Crippen LogP contribution in [0.25, 0.3) is 0 Å². The molecule has 0 saturated carbocycles. The molecule has 0 atom stereocenters. The lowest BCUT2D eigenvalue weighted by atomic mass is 10.4. The molecule has 0 unspecified atom stereocenters. The number of ether oxygens (including phenoxy) is 1. The number of nitrogens with zero attached hydrogens (tertiary/aromatic N) is 2. The van der Waals surface area contributed by atoms with Crippen molar-refractivity contribution in [2.45, 2.75) is 20.5 Å². The summed E-state index contributed by atoms with van der Waals surface area (Å²) in [5.41, 5.74) is 0.699. The Balaban J connectivity index is 2.59. The van der Waals surface area contributed by atoms with Crippen molar-refractivity contribution in [3.8, 4) is 0 Å². The van der Waals surface area contributed by atoms with E-state index in [1.54, 1.807) is 0 Å². The van der Waals surface area contributed by atoms with Gasteiger partial charge in [-0.25, -0.2) is 4.68 Å². The Morgan fingerprint density at radius 1 is 1.54 bits per heavy atom. The summed E-state index contributed by atoms with van der Waals surface area (Å²) < 4.78 is 5.91. The fourth-order valence-electron chi connectivity index (χ4n) is 0.792. The van der Waals surface area contributed by atoms with Crippen molar-refractivity contribution in [1.82, 2.24) is 9.78 Å². The van der Waals surface area contributed by atoms with Crippen LogP contribution in [0.3, 0.4) is 0 Å². The van der Waals surface area contributed by atoms with Crippen LogP contribution in [0.1, 0.15) is 24.2 Å². The maximum atomic E-state index is 10.8. The zero-order chi connectivity index (χ0) is 9.84. The predicted octanol–water partition coefficient (Wildman–Crippen LogP) is 0.606. The monoisotopic (exact) mass is 182 g/mol. The van der Waals surface area contributed by atoms with Crippen LogP contribution in [0, 0.1) is 0 Å². The Bertz CT molecular complexity index is 330. The van der Waals surface area contributed by atoms with Crippen LogP contribution in [0.2, 0.25) is 0 Å². The SMILES string of the molecule is CC(=O)OCc1cnn(C(C)=O)c1. The van der Waals surface area contributed by atoms with Crippen molar-refractivity contribution >= 4 is 11.9 Å². The molecule has 0 amide bonds. The van der Waals surface area contributed by atoms with Gasteiger partial charge in [-0.15, -0.1) is 0 Å². The normalized spacial score (nSPS) is 9.69. The number of carbonyl (C=O) groups is 2. The van der Waals surface area contributed by atoms with Crippen LogP contribution in [0.4, 0.5) is 0 Å². The third-order valence-corrected chi connectivity index (χ3v) is 1.40. The minimum atomic E-state index is -0.351. The van der Waals surface area contributed by atoms with Gasteiger partial charge in [-0.05, 0) is 0 Å². The summed E-state index contributed by atoms with van der Waals surface area (Å²) in [6.45, 7) is 2.89. The summed E-state index contributed by atoms with van der Waals surface area (Å²) in [7, 11) is 0. The molecule has 0 aromatic carbocycles. The Hall–Kier alpha value is -1.65. The van der Waals surface area contributed by atoms with Crippen LogP contribution in [0.15, 0.2) is 12.4 Å². The van der Waals surface area contributed by atoms with E-state index in [9.17, 15) is 9.59 Å². The Morgan fingerprint density at radius 3 is 2.69 bits per heavy atom. The first-order chi connectivity index (χ1) is 6.09. The highest BCUT2D eigenvalue weighted by Crippen LogP contribution is 1.99. The van der Waals surface area contributed by atoms with Gasteiger partial charge in [0.2, 0.25) is 5.91 Å². The molecule has 0 bridgehead atoms. The lowest BCUT2D eigenvalue weighted by molar-refractivity contribution is -0.142. The van der Waals surface area contributed by atoms with Gasteiger partial charge in [0, 0.05) is 25.6 Å². The second kappa shape index (κ2) is 3.84. The summed E-state index contributed by atoms with van der Waals surface area (Å²) in [5.74, 6) is -0.523. The molecular weight excluding hydrogens is 172 g/mol. The van der Waals surface area contributed by atoms with Crippen LogP contribution in [-0.4, -0.2) is 21.7 Å². The van der Waals surface area contributed by atoms with E-state index in [-0.39, 0.29) is 18.5 Å². The summed E-state index contributed by atoms with van der Waals surface area (Å²) in [4.78, 5) is 21.2. The minimum Gasteiger partial charge on any atom is -0.461 e. The molecule has 1 rings (SSSR count). The lowest BCUT2D eigenvalue weighted by Crippen LogP contribution is -2.05. The van der Waals surface area contributed by atoms with E-state index in [2.05, 4.69) is 5.10 Å². The number of carbonyl (C=O) groups excluding carboxylic acids is 2. The maximum Gasteiger partial charge on any atom is 0.302 e.